The largest absolute Gasteiger partial charge is 0.369 e. The number of carbonyl (C=O) groups excluding carboxylic acids is 1. The molecule has 6 nitrogen and oxygen atoms in total. The molecule has 1 aromatic rings. The van der Waals surface area contributed by atoms with Gasteiger partial charge in [-0.2, -0.15) is 17.6 Å². The Labute approximate surface area is 97.3 Å². The molecule has 0 radical (unpaired) electrons. The minimum atomic E-state index is -0.357. The third-order valence-electron chi connectivity index (χ3n) is 2.49. The predicted molar refractivity (Wildman–Crippen MR) is 63.6 cm³/mol. The van der Waals surface area contributed by atoms with E-state index in [-0.39, 0.29) is 23.3 Å². The van der Waals surface area contributed by atoms with Gasteiger partial charge in [-0.3, -0.25) is 19.5 Å². The zero-order valence-corrected chi connectivity index (χ0v) is 9.41. The molecular weight excluding hydrogens is 228 g/mol. The van der Waals surface area contributed by atoms with E-state index in [4.69, 9.17) is 5.73 Å². The lowest BCUT2D eigenvalue weighted by molar-refractivity contribution is -0.117. The Kier molecular flexibility index (Phi) is 2.86. The summed E-state index contributed by atoms with van der Waals surface area (Å²) < 4.78 is 0. The highest BCUT2D eigenvalue weighted by molar-refractivity contribution is 7.80. The maximum absolute atomic E-state index is 11.7. The van der Waals surface area contributed by atoms with E-state index in [0.29, 0.717) is 24.5 Å². The van der Waals surface area contributed by atoms with E-state index in [1.165, 1.54) is 11.0 Å². The lowest BCUT2D eigenvalue weighted by Crippen LogP contribution is -2.27. The molecule has 2 rings (SSSR count). The molecule has 1 aliphatic heterocycles. The molecule has 7 heteroatoms. The van der Waals surface area contributed by atoms with Crippen LogP contribution in [0.25, 0.3) is 0 Å². The number of nitrogens with two attached hydrogens (primary N) is 1. The molecule has 0 bridgehead atoms. The molecule has 1 unspecified atom stereocenters. The van der Waals surface area contributed by atoms with Crippen molar-refractivity contribution in [2.24, 2.45) is 5.92 Å². The number of H-pyrrole nitrogens is 1. The van der Waals surface area contributed by atoms with E-state index in [9.17, 15) is 9.59 Å². The van der Waals surface area contributed by atoms with Crippen LogP contribution in [0.4, 0.5) is 11.8 Å². The number of anilines is 2. The summed E-state index contributed by atoms with van der Waals surface area (Å²) in [7, 11) is 0. The lowest BCUT2D eigenvalue weighted by Gasteiger charge is -2.14. The second kappa shape index (κ2) is 4.17. The standard InChI is InChI=1S/C9H12N4O2S/c10-9-11-6(2-7(14)12-9)13-3-5(4-16)1-8(13)15/h2,5,16H,1,3-4H2,(H3,10,11,12,14). The van der Waals surface area contributed by atoms with Crippen molar-refractivity contribution in [2.45, 2.75) is 6.42 Å². The van der Waals surface area contributed by atoms with Crippen molar-refractivity contribution in [1.82, 2.24) is 9.97 Å². The highest BCUT2D eigenvalue weighted by atomic mass is 32.1. The SMILES string of the molecule is Nc1nc(N2CC(CS)CC2=O)cc(=O)[nH]1. The summed E-state index contributed by atoms with van der Waals surface area (Å²) in [5.74, 6) is 1.14. The van der Waals surface area contributed by atoms with Crippen LogP contribution >= 0.6 is 12.6 Å². The summed E-state index contributed by atoms with van der Waals surface area (Å²) in [6, 6.07) is 1.27. The molecule has 1 aliphatic rings. The van der Waals surface area contributed by atoms with Crippen LogP contribution in [-0.2, 0) is 4.79 Å². The van der Waals surface area contributed by atoms with Crippen molar-refractivity contribution in [2.75, 3.05) is 22.9 Å². The number of rotatable bonds is 2. The minimum Gasteiger partial charge on any atom is -0.369 e. The molecule has 1 saturated heterocycles. The number of amides is 1. The van der Waals surface area contributed by atoms with Crippen LogP contribution < -0.4 is 16.2 Å². The molecule has 1 amide bonds. The molecule has 2 heterocycles. The van der Waals surface area contributed by atoms with Crippen molar-refractivity contribution in [1.29, 1.82) is 0 Å². The second-order valence-corrected chi connectivity index (χ2v) is 4.11. The Balaban J connectivity index is 2.31. The van der Waals surface area contributed by atoms with Crippen LogP contribution in [0.2, 0.25) is 0 Å². The van der Waals surface area contributed by atoms with Gasteiger partial charge < -0.3 is 5.73 Å². The molecular formula is C9H12N4O2S. The van der Waals surface area contributed by atoms with E-state index in [2.05, 4.69) is 22.6 Å². The molecule has 3 N–H and O–H groups in total. The van der Waals surface area contributed by atoms with Gasteiger partial charge in [-0.15, -0.1) is 0 Å². The van der Waals surface area contributed by atoms with Gasteiger partial charge in [0.05, 0.1) is 0 Å². The van der Waals surface area contributed by atoms with E-state index in [0.717, 1.165) is 0 Å². The lowest BCUT2D eigenvalue weighted by atomic mass is 10.1. The number of nitrogens with one attached hydrogen (secondary N) is 1. The minimum absolute atomic E-state index is 0.0182. The number of hydrogen-bond acceptors (Lipinski definition) is 5. The molecule has 0 aromatic carbocycles. The number of carbonyl (C=O) groups is 1. The average Bonchev–Trinajstić information content (AvgIpc) is 2.58. The monoisotopic (exact) mass is 240 g/mol. The van der Waals surface area contributed by atoms with Crippen LogP contribution in [0.5, 0.6) is 0 Å². The van der Waals surface area contributed by atoms with Crippen LogP contribution in [0.15, 0.2) is 10.9 Å². The zero-order valence-electron chi connectivity index (χ0n) is 8.51. The van der Waals surface area contributed by atoms with Gasteiger partial charge >= 0.3 is 0 Å². The van der Waals surface area contributed by atoms with Gasteiger partial charge in [-0.1, -0.05) is 0 Å². The van der Waals surface area contributed by atoms with Gasteiger partial charge in [-0.25, -0.2) is 0 Å². The summed E-state index contributed by atoms with van der Waals surface area (Å²) in [6.45, 7) is 0.540. The molecule has 1 atom stereocenters. The summed E-state index contributed by atoms with van der Waals surface area (Å²) in [5, 5.41) is 0. The highest BCUT2D eigenvalue weighted by Crippen LogP contribution is 2.23. The van der Waals surface area contributed by atoms with Crippen LogP contribution in [0.3, 0.4) is 0 Å². The summed E-state index contributed by atoms with van der Waals surface area (Å²) >= 11 is 4.16. The first kappa shape index (κ1) is 11.0. The van der Waals surface area contributed by atoms with Crippen LogP contribution in [0.1, 0.15) is 6.42 Å². The maximum atomic E-state index is 11.7. The maximum Gasteiger partial charge on any atom is 0.254 e. The molecule has 1 aromatic heterocycles. The smallest absolute Gasteiger partial charge is 0.254 e. The van der Waals surface area contributed by atoms with E-state index in [1.54, 1.807) is 0 Å². The first-order valence-electron chi connectivity index (χ1n) is 4.88. The Morgan fingerprint density at radius 3 is 2.94 bits per heavy atom. The number of aromatic amines is 1. The predicted octanol–water partition coefficient (Wildman–Crippen LogP) is -0.365. The first-order chi connectivity index (χ1) is 7.60. The number of hydrogen-bond donors (Lipinski definition) is 3. The van der Waals surface area contributed by atoms with Gasteiger partial charge in [-0.05, 0) is 11.7 Å². The molecule has 86 valence electrons. The van der Waals surface area contributed by atoms with E-state index >= 15 is 0 Å². The number of aromatic nitrogens is 2. The number of nitrogen functional groups attached to an aromatic ring is 1. The van der Waals surface area contributed by atoms with Gasteiger partial charge in [0.25, 0.3) is 5.56 Å². The normalized spacial score (nSPS) is 20.4. The Hall–Kier alpha value is -1.50. The fraction of sp³-hybridized carbons (Fsp3) is 0.444. The van der Waals surface area contributed by atoms with Crippen molar-refractivity contribution >= 4 is 30.3 Å². The Morgan fingerprint density at radius 1 is 1.62 bits per heavy atom. The zero-order chi connectivity index (χ0) is 11.7. The van der Waals surface area contributed by atoms with Gasteiger partial charge in [0.1, 0.15) is 5.82 Å². The molecule has 0 spiro atoms. The Morgan fingerprint density at radius 2 is 2.38 bits per heavy atom. The summed E-state index contributed by atoms with van der Waals surface area (Å²) in [5.41, 5.74) is 5.06. The fourth-order valence-electron chi connectivity index (χ4n) is 1.73. The van der Waals surface area contributed by atoms with Crippen molar-refractivity contribution < 1.29 is 4.79 Å². The van der Waals surface area contributed by atoms with Gasteiger partial charge in [0.2, 0.25) is 11.9 Å². The van der Waals surface area contributed by atoms with Crippen molar-refractivity contribution in [3.8, 4) is 0 Å². The molecule has 0 saturated carbocycles. The van der Waals surface area contributed by atoms with Crippen molar-refractivity contribution in [3.63, 3.8) is 0 Å². The molecule has 0 aliphatic carbocycles. The third kappa shape index (κ3) is 2.04. The first-order valence-corrected chi connectivity index (χ1v) is 5.51. The van der Waals surface area contributed by atoms with Crippen LogP contribution in [-0.4, -0.2) is 28.2 Å². The number of thiol groups is 1. The summed E-state index contributed by atoms with van der Waals surface area (Å²) in [6.07, 6.45) is 0.442. The topological polar surface area (TPSA) is 92.1 Å². The quantitative estimate of drug-likeness (QED) is 0.615. The Bertz CT molecular complexity index is 473. The third-order valence-corrected chi connectivity index (χ3v) is 3.00. The molecule has 1 fully saturated rings. The van der Waals surface area contributed by atoms with Crippen molar-refractivity contribution in [3.05, 3.63) is 16.4 Å². The fourth-order valence-corrected chi connectivity index (χ4v) is 1.97. The summed E-state index contributed by atoms with van der Waals surface area (Å²) in [4.78, 5) is 30.6. The van der Waals surface area contributed by atoms with Gasteiger partial charge in [0, 0.05) is 19.0 Å². The highest BCUT2D eigenvalue weighted by Gasteiger charge is 2.30. The van der Waals surface area contributed by atoms with Crippen LogP contribution in [0, 0.1) is 5.92 Å². The average molecular weight is 240 g/mol. The second-order valence-electron chi connectivity index (χ2n) is 3.75. The molecule has 16 heavy (non-hydrogen) atoms. The van der Waals surface area contributed by atoms with E-state index in [1.807, 2.05) is 0 Å². The number of nitrogens with zero attached hydrogens (tertiary/aromatic N) is 2. The van der Waals surface area contributed by atoms with Gasteiger partial charge in [0.15, 0.2) is 0 Å². The van der Waals surface area contributed by atoms with E-state index < -0.39 is 0 Å².